The van der Waals surface area contributed by atoms with Crippen molar-refractivity contribution in [3.8, 4) is 0 Å². The minimum atomic E-state index is 0.265. The predicted molar refractivity (Wildman–Crippen MR) is 235 cm³/mol. The highest BCUT2D eigenvalue weighted by molar-refractivity contribution is 7.99. The molecule has 294 valence electrons. The Balaban J connectivity index is 0.00000276. The van der Waals surface area contributed by atoms with Crippen LogP contribution in [-0.2, 0) is 51.4 Å². The van der Waals surface area contributed by atoms with Crippen LogP contribution < -0.4 is 10.6 Å². The molecule has 3 N–H and O–H groups in total. The van der Waals surface area contributed by atoms with Gasteiger partial charge in [0.1, 0.15) is 0 Å². The average molecular weight is 750 g/mol. The molecule has 0 radical (unpaired) electrons. The third-order valence-electron chi connectivity index (χ3n) is 12.8. The van der Waals surface area contributed by atoms with Gasteiger partial charge in [0, 0.05) is 43.2 Å². The monoisotopic (exact) mass is 750 g/mol. The summed E-state index contributed by atoms with van der Waals surface area (Å²) < 4.78 is 0. The summed E-state index contributed by atoms with van der Waals surface area (Å²) >= 11 is 2.19. The van der Waals surface area contributed by atoms with Crippen LogP contribution in [0.5, 0.6) is 0 Å². The minimum Gasteiger partial charge on any atom is -0.400 e. The number of rotatable bonds is 6. The maximum Gasteiger partial charge on any atom is 0.0486 e. The van der Waals surface area contributed by atoms with E-state index in [1.54, 1.807) is 22.3 Å². The number of aryl methyl sites for hydroxylation is 5. The van der Waals surface area contributed by atoms with Gasteiger partial charge in [0.15, 0.2) is 0 Å². The summed E-state index contributed by atoms with van der Waals surface area (Å²) in [5.74, 6) is 2.26. The molecule has 0 fully saturated rings. The van der Waals surface area contributed by atoms with E-state index < -0.39 is 0 Å². The van der Waals surface area contributed by atoms with Crippen molar-refractivity contribution >= 4 is 11.8 Å². The van der Waals surface area contributed by atoms with E-state index in [0.717, 1.165) is 83.1 Å². The molecule has 4 nitrogen and oxygen atoms in total. The predicted octanol–water partition coefficient (Wildman–Crippen LogP) is 9.99. The summed E-state index contributed by atoms with van der Waals surface area (Å²) in [7, 11) is 3.23. The Morgan fingerprint density at radius 2 is 1.69 bits per heavy atom. The highest BCUT2D eigenvalue weighted by Gasteiger charge is 2.38. The second kappa shape index (κ2) is 19.9. The van der Waals surface area contributed by atoms with E-state index in [9.17, 15) is 0 Å². The minimum absolute atomic E-state index is 0.265. The standard InChI is InChI=1S/C48H67N3S.CH4O/c1-10-36-18-19-38-21-23-50-33(6)17-20-45(47-35(8)43(26-31(3)4)34(7)41-15-12-16-42(41)47)51-24-13-14-40-27-32(5)37(11-2)29-44(40)48(49-9)46(51)30-52-25-22-39(38)28-36;1-2/h18-19,27-29,45-46,48-50H,3,6,10-17,20-26,30H2,1-2,4-5,7-9H3;2H,1H3/t45?,46?,48-;/m1./s1. The van der Waals surface area contributed by atoms with Crippen molar-refractivity contribution in [2.24, 2.45) is 0 Å². The molecule has 2 unspecified atom stereocenters. The molecule has 1 aliphatic carbocycles. The first-order valence-corrected chi connectivity index (χ1v) is 22.2. The third kappa shape index (κ3) is 9.40. The highest BCUT2D eigenvalue weighted by atomic mass is 32.2. The molecular weight excluding hydrogens is 679 g/mol. The van der Waals surface area contributed by atoms with Gasteiger partial charge in [-0.3, -0.25) is 4.90 Å². The fourth-order valence-electron chi connectivity index (χ4n) is 10.00. The smallest absolute Gasteiger partial charge is 0.0486 e. The summed E-state index contributed by atoms with van der Waals surface area (Å²) in [6.07, 6.45) is 13.4. The number of aliphatic hydroxyl groups is 1. The van der Waals surface area contributed by atoms with E-state index in [0.29, 0.717) is 12.1 Å². The van der Waals surface area contributed by atoms with E-state index in [2.05, 4.69) is 119 Å². The Morgan fingerprint density at radius 1 is 0.907 bits per heavy atom. The van der Waals surface area contributed by atoms with Gasteiger partial charge in [-0.2, -0.15) is 11.8 Å². The molecule has 0 saturated carbocycles. The van der Waals surface area contributed by atoms with Crippen LogP contribution in [-0.4, -0.2) is 54.8 Å². The van der Waals surface area contributed by atoms with Crippen LogP contribution in [0, 0.1) is 20.8 Å². The van der Waals surface area contributed by atoms with E-state index in [1.807, 2.05) is 0 Å². The summed E-state index contributed by atoms with van der Waals surface area (Å²) in [5.41, 5.74) is 22.5. The van der Waals surface area contributed by atoms with Crippen LogP contribution >= 0.6 is 11.8 Å². The zero-order chi connectivity index (χ0) is 38.9. The molecular formula is C49H71N3OS. The number of hydrogen-bond donors (Lipinski definition) is 3. The molecule has 3 aromatic carbocycles. The summed E-state index contributed by atoms with van der Waals surface area (Å²) in [6, 6.07) is 13.3. The van der Waals surface area contributed by atoms with Crippen LogP contribution in [0.3, 0.4) is 0 Å². The van der Waals surface area contributed by atoms with Crippen molar-refractivity contribution in [2.45, 2.75) is 137 Å². The van der Waals surface area contributed by atoms with Gasteiger partial charge in [0.2, 0.25) is 0 Å². The largest absolute Gasteiger partial charge is 0.400 e. The van der Waals surface area contributed by atoms with Crippen molar-refractivity contribution in [3.05, 3.63) is 127 Å². The molecule has 3 atom stereocenters. The average Bonchev–Trinajstić information content (AvgIpc) is 3.65. The SMILES string of the molecule is C=C(C)Cc1c(C)c2c(c(C3CCC(=C)NCCc4ccc(CC)cc4CCSCC4[C@H](NC)c5cc(CC)c(C)cc5CCCN34)c1C)CCC2.CO. The molecule has 6 rings (SSSR count). The number of allylic oxidation sites excluding steroid dienone is 2. The van der Waals surface area contributed by atoms with Gasteiger partial charge in [-0.15, -0.1) is 0 Å². The van der Waals surface area contributed by atoms with Gasteiger partial charge in [0.25, 0.3) is 0 Å². The number of aliphatic hydroxyl groups excluding tert-OH is 1. The van der Waals surface area contributed by atoms with Crippen LogP contribution in [0.25, 0.3) is 0 Å². The van der Waals surface area contributed by atoms with Crippen molar-refractivity contribution in [2.75, 3.05) is 38.8 Å². The zero-order valence-corrected chi connectivity index (χ0v) is 36.0. The van der Waals surface area contributed by atoms with Gasteiger partial charge >= 0.3 is 0 Å². The van der Waals surface area contributed by atoms with E-state index in [1.165, 1.54) is 87.0 Å². The van der Waals surface area contributed by atoms with Gasteiger partial charge in [-0.05, 0) is 196 Å². The van der Waals surface area contributed by atoms with Crippen molar-refractivity contribution in [1.82, 2.24) is 15.5 Å². The lowest BCUT2D eigenvalue weighted by Crippen LogP contribution is -2.49. The molecule has 0 aromatic heterocycles. The molecule has 3 aromatic rings. The van der Waals surface area contributed by atoms with Crippen LogP contribution in [0.1, 0.15) is 131 Å². The topological polar surface area (TPSA) is 47.5 Å². The molecule has 2 aliphatic heterocycles. The number of nitrogens with one attached hydrogen (secondary N) is 2. The van der Waals surface area contributed by atoms with Gasteiger partial charge < -0.3 is 15.7 Å². The molecule has 0 bridgehead atoms. The number of thioether (sulfide) groups is 1. The molecule has 0 spiro atoms. The molecule has 0 saturated heterocycles. The first-order valence-electron chi connectivity index (χ1n) is 21.0. The number of hydrogen-bond acceptors (Lipinski definition) is 5. The second-order valence-corrected chi connectivity index (χ2v) is 17.4. The first kappa shape index (κ1) is 42.3. The van der Waals surface area contributed by atoms with Crippen LogP contribution in [0.2, 0.25) is 0 Å². The van der Waals surface area contributed by atoms with Crippen molar-refractivity contribution in [3.63, 3.8) is 0 Å². The molecule has 3 aliphatic rings. The fraction of sp³-hybridized carbons (Fsp3) is 0.551. The molecule has 0 amide bonds. The number of nitrogens with zero attached hydrogens (tertiary/aromatic N) is 1. The molecule has 54 heavy (non-hydrogen) atoms. The molecule has 5 heteroatoms. The Kier molecular flexibility index (Phi) is 15.6. The third-order valence-corrected chi connectivity index (χ3v) is 13.9. The molecule has 2 heterocycles. The summed E-state index contributed by atoms with van der Waals surface area (Å²) in [4.78, 5) is 3.01. The lowest BCUT2D eigenvalue weighted by molar-refractivity contribution is 0.106. The van der Waals surface area contributed by atoms with Crippen molar-refractivity contribution in [1.29, 1.82) is 0 Å². The lowest BCUT2D eigenvalue weighted by atomic mass is 9.80. The normalized spacial score (nSPS) is 21.1. The number of fused-ring (bicyclic) bond motifs is 4. The zero-order valence-electron chi connectivity index (χ0n) is 35.1. The number of likely N-dealkylation sites (N-methyl/N-ethyl adjacent to an activating group) is 1. The van der Waals surface area contributed by atoms with Gasteiger partial charge in [-0.1, -0.05) is 62.9 Å². The van der Waals surface area contributed by atoms with Crippen LogP contribution in [0.4, 0.5) is 0 Å². The van der Waals surface area contributed by atoms with Gasteiger partial charge in [0.05, 0.1) is 0 Å². The summed E-state index contributed by atoms with van der Waals surface area (Å²) in [5, 5.41) is 14.8. The second-order valence-electron chi connectivity index (χ2n) is 16.2. The lowest BCUT2D eigenvalue weighted by Gasteiger charge is -2.45. The van der Waals surface area contributed by atoms with E-state index >= 15 is 0 Å². The van der Waals surface area contributed by atoms with Gasteiger partial charge in [-0.25, -0.2) is 0 Å². The summed E-state index contributed by atoms with van der Waals surface area (Å²) in [6.45, 7) is 25.1. The van der Waals surface area contributed by atoms with E-state index in [-0.39, 0.29) is 6.04 Å². The quantitative estimate of drug-likeness (QED) is 0.219. The van der Waals surface area contributed by atoms with Crippen LogP contribution in [0.15, 0.2) is 54.8 Å². The first-order chi connectivity index (χ1) is 26.1. The Bertz CT molecular complexity index is 1780. The fourth-order valence-corrected chi connectivity index (χ4v) is 11.2. The Morgan fingerprint density at radius 3 is 2.41 bits per heavy atom. The Labute approximate surface area is 333 Å². The Hall–Kier alpha value is -2.83. The van der Waals surface area contributed by atoms with E-state index in [4.69, 9.17) is 5.11 Å². The maximum absolute atomic E-state index is 7.00. The highest BCUT2D eigenvalue weighted by Crippen LogP contribution is 2.44. The maximum atomic E-state index is 7.00. The van der Waals surface area contributed by atoms with Crippen molar-refractivity contribution < 1.29 is 5.11 Å². The number of benzene rings is 3.